The summed E-state index contributed by atoms with van der Waals surface area (Å²) in [6.07, 6.45) is 4.92. The van der Waals surface area contributed by atoms with Crippen LogP contribution >= 0.6 is 11.6 Å². The lowest BCUT2D eigenvalue weighted by molar-refractivity contribution is -0.117. The van der Waals surface area contributed by atoms with E-state index in [1.54, 1.807) is 12.1 Å². The van der Waals surface area contributed by atoms with Gasteiger partial charge in [0.05, 0.1) is 11.1 Å². The molecule has 2 N–H and O–H groups in total. The van der Waals surface area contributed by atoms with Gasteiger partial charge in [0.15, 0.2) is 5.82 Å². The van der Waals surface area contributed by atoms with E-state index in [0.717, 1.165) is 16.3 Å². The molecule has 0 aliphatic heterocycles. The zero-order valence-electron chi connectivity index (χ0n) is 17.3. The van der Waals surface area contributed by atoms with Gasteiger partial charge in [0, 0.05) is 34.4 Å². The molecule has 1 aliphatic rings. The van der Waals surface area contributed by atoms with Crippen molar-refractivity contribution >= 4 is 49.8 Å². The van der Waals surface area contributed by atoms with E-state index in [2.05, 4.69) is 20.0 Å². The van der Waals surface area contributed by atoms with Gasteiger partial charge in [-0.3, -0.25) is 14.5 Å². The molecule has 0 spiro atoms. The number of carbonyl (C=O) groups is 1. The maximum absolute atomic E-state index is 12.7. The third-order valence-corrected chi connectivity index (χ3v) is 7.34. The Kier molecular flexibility index (Phi) is 5.47. The van der Waals surface area contributed by atoms with E-state index >= 15 is 0 Å². The van der Waals surface area contributed by atoms with Crippen LogP contribution in [0.4, 0.5) is 11.5 Å². The van der Waals surface area contributed by atoms with Crippen molar-refractivity contribution in [3.05, 3.63) is 89.8 Å². The Labute approximate surface area is 195 Å². The lowest BCUT2D eigenvalue weighted by Gasteiger charge is -2.09. The number of sulfonamides is 1. The summed E-state index contributed by atoms with van der Waals surface area (Å²) in [7, 11) is -3.77. The Morgan fingerprint density at radius 2 is 1.85 bits per heavy atom. The average Bonchev–Trinajstić information content (AvgIpc) is 3.61. The normalized spacial score (nSPS) is 17.5. The first-order chi connectivity index (χ1) is 15.9. The van der Waals surface area contributed by atoms with E-state index < -0.39 is 10.0 Å². The number of fused-ring (bicyclic) bond motifs is 1. The number of aromatic nitrogens is 2. The van der Waals surface area contributed by atoms with Crippen LogP contribution in [0.15, 0.2) is 84.1 Å². The van der Waals surface area contributed by atoms with Crippen LogP contribution in [0.5, 0.6) is 0 Å². The average molecular weight is 479 g/mol. The molecule has 5 rings (SSSR count). The fourth-order valence-corrected chi connectivity index (χ4v) is 5.07. The van der Waals surface area contributed by atoms with Crippen molar-refractivity contribution < 1.29 is 13.2 Å². The Hall–Kier alpha value is -3.49. The van der Waals surface area contributed by atoms with Gasteiger partial charge in [-0.05, 0) is 53.6 Å². The van der Waals surface area contributed by atoms with Gasteiger partial charge in [-0.25, -0.2) is 13.4 Å². The van der Waals surface area contributed by atoms with Crippen molar-refractivity contribution in [3.8, 4) is 0 Å². The van der Waals surface area contributed by atoms with Gasteiger partial charge < -0.3 is 5.32 Å². The highest BCUT2D eigenvalue weighted by molar-refractivity contribution is 7.92. The summed E-state index contributed by atoms with van der Waals surface area (Å²) in [6, 6.07) is 17.9. The minimum atomic E-state index is -3.77. The Morgan fingerprint density at radius 1 is 1.03 bits per heavy atom. The molecule has 4 aromatic rings. The quantitative estimate of drug-likeness (QED) is 0.413. The van der Waals surface area contributed by atoms with E-state index in [0.29, 0.717) is 17.1 Å². The molecule has 3 aromatic carbocycles. The molecule has 7 nitrogen and oxygen atoms in total. The van der Waals surface area contributed by atoms with Crippen LogP contribution in [0, 0.1) is 5.92 Å². The van der Waals surface area contributed by atoms with Crippen LogP contribution < -0.4 is 10.0 Å². The summed E-state index contributed by atoms with van der Waals surface area (Å²) in [5, 5.41) is 5.50. The van der Waals surface area contributed by atoms with Crippen LogP contribution in [-0.2, 0) is 14.8 Å². The number of nitrogens with zero attached hydrogens (tertiary/aromatic N) is 2. The number of anilines is 2. The van der Waals surface area contributed by atoms with Crippen molar-refractivity contribution in [2.75, 3.05) is 10.0 Å². The molecular weight excluding hydrogens is 460 g/mol. The van der Waals surface area contributed by atoms with Gasteiger partial charge >= 0.3 is 0 Å². The number of halogens is 1. The first-order valence-corrected chi connectivity index (χ1v) is 12.1. The van der Waals surface area contributed by atoms with Gasteiger partial charge in [-0.15, -0.1) is 0 Å². The second-order valence-electron chi connectivity index (χ2n) is 7.88. The van der Waals surface area contributed by atoms with Crippen LogP contribution in [-0.4, -0.2) is 24.3 Å². The molecule has 1 heterocycles. The van der Waals surface area contributed by atoms with Crippen LogP contribution in [0.3, 0.4) is 0 Å². The molecule has 0 bridgehead atoms. The highest BCUT2D eigenvalue weighted by Gasteiger charge is 2.44. The fraction of sp³-hybridized carbons (Fsp3) is 0.125. The van der Waals surface area contributed by atoms with E-state index in [1.807, 2.05) is 36.4 Å². The largest absolute Gasteiger partial charge is 0.326 e. The molecule has 1 unspecified atom stereocenters. The van der Waals surface area contributed by atoms with Gasteiger partial charge in [-0.1, -0.05) is 41.9 Å². The van der Waals surface area contributed by atoms with Crippen LogP contribution in [0.1, 0.15) is 17.9 Å². The summed E-state index contributed by atoms with van der Waals surface area (Å²) in [5.41, 5.74) is 1.62. The van der Waals surface area contributed by atoms with Gasteiger partial charge in [0.2, 0.25) is 5.91 Å². The molecule has 1 aromatic heterocycles. The first-order valence-electron chi connectivity index (χ1n) is 10.3. The number of rotatable bonds is 6. The van der Waals surface area contributed by atoms with E-state index in [-0.39, 0.29) is 28.5 Å². The van der Waals surface area contributed by atoms with E-state index in [4.69, 9.17) is 11.6 Å². The van der Waals surface area contributed by atoms with Crippen LogP contribution in [0.25, 0.3) is 10.8 Å². The molecule has 0 saturated heterocycles. The second kappa shape index (κ2) is 8.46. The molecule has 1 amide bonds. The molecule has 1 fully saturated rings. The number of nitrogens with one attached hydrogen (secondary N) is 2. The minimum Gasteiger partial charge on any atom is -0.326 e. The van der Waals surface area contributed by atoms with Gasteiger partial charge in [-0.2, -0.15) is 0 Å². The lowest BCUT2D eigenvalue weighted by atomic mass is 10.1. The molecule has 9 heteroatoms. The SMILES string of the molecule is O=C(Nc1ccc2cccc(Cl)c2c1)[C@@H]1CC1c1ccc(S(=O)(=O)Nc2cnccn2)cc1. The number of amides is 1. The molecular formula is C24H19ClN4O3S. The minimum absolute atomic E-state index is 0.0544. The summed E-state index contributed by atoms with van der Waals surface area (Å²) < 4.78 is 27.5. The Morgan fingerprint density at radius 3 is 2.61 bits per heavy atom. The number of benzene rings is 3. The maximum Gasteiger partial charge on any atom is 0.263 e. The second-order valence-corrected chi connectivity index (χ2v) is 9.97. The summed E-state index contributed by atoms with van der Waals surface area (Å²) in [5.74, 6) is -0.0197. The summed E-state index contributed by atoms with van der Waals surface area (Å²) in [4.78, 5) is 20.6. The lowest BCUT2D eigenvalue weighted by Crippen LogP contribution is -2.15. The molecule has 2 atom stereocenters. The number of carbonyl (C=O) groups excluding carboxylic acids is 1. The number of hydrogen-bond acceptors (Lipinski definition) is 5. The van der Waals surface area contributed by atoms with Crippen molar-refractivity contribution in [1.29, 1.82) is 0 Å². The predicted octanol–water partition coefficient (Wildman–Crippen LogP) is 4.83. The standard InChI is InChI=1S/C24H19ClN4O3S/c25-22-3-1-2-15-4-7-17(12-20(15)22)28-24(30)21-13-19(21)16-5-8-18(9-6-16)33(31,32)29-23-14-26-10-11-27-23/h1-12,14,19,21H,13H2,(H,27,29)(H,28,30)/t19?,21-/m1/s1. The molecule has 1 aliphatic carbocycles. The van der Waals surface area contributed by atoms with Gasteiger partial charge in [0.1, 0.15) is 0 Å². The van der Waals surface area contributed by atoms with Crippen molar-refractivity contribution in [1.82, 2.24) is 9.97 Å². The van der Waals surface area contributed by atoms with Crippen molar-refractivity contribution in [3.63, 3.8) is 0 Å². The smallest absolute Gasteiger partial charge is 0.263 e. The molecule has 166 valence electrons. The summed E-state index contributed by atoms with van der Waals surface area (Å²) in [6.45, 7) is 0. The first kappa shape index (κ1) is 21.4. The van der Waals surface area contributed by atoms with Crippen molar-refractivity contribution in [2.45, 2.75) is 17.2 Å². The van der Waals surface area contributed by atoms with E-state index in [9.17, 15) is 13.2 Å². The summed E-state index contributed by atoms with van der Waals surface area (Å²) >= 11 is 6.27. The zero-order valence-corrected chi connectivity index (χ0v) is 18.8. The Balaban J connectivity index is 1.25. The fourth-order valence-electron chi connectivity index (χ4n) is 3.84. The predicted molar refractivity (Wildman–Crippen MR) is 128 cm³/mol. The highest BCUT2D eigenvalue weighted by Crippen LogP contribution is 2.48. The zero-order chi connectivity index (χ0) is 23.0. The third kappa shape index (κ3) is 4.53. The maximum atomic E-state index is 12.7. The van der Waals surface area contributed by atoms with E-state index in [1.165, 1.54) is 30.7 Å². The molecule has 1 saturated carbocycles. The van der Waals surface area contributed by atoms with Crippen molar-refractivity contribution in [2.24, 2.45) is 5.92 Å². The topological polar surface area (TPSA) is 101 Å². The molecule has 33 heavy (non-hydrogen) atoms. The number of hydrogen-bond donors (Lipinski definition) is 2. The highest BCUT2D eigenvalue weighted by atomic mass is 35.5. The third-order valence-electron chi connectivity index (χ3n) is 5.64. The molecule has 0 radical (unpaired) electrons. The van der Waals surface area contributed by atoms with Gasteiger partial charge in [0.25, 0.3) is 10.0 Å². The Bertz CT molecular complexity index is 1440. The van der Waals surface area contributed by atoms with Crippen LogP contribution in [0.2, 0.25) is 5.02 Å². The monoisotopic (exact) mass is 478 g/mol.